The van der Waals surface area contributed by atoms with E-state index in [0.29, 0.717) is 24.6 Å². The van der Waals surface area contributed by atoms with Gasteiger partial charge in [-0.05, 0) is 49.3 Å². The Hall–Kier alpha value is -1.35. The van der Waals surface area contributed by atoms with Crippen molar-refractivity contribution in [1.29, 1.82) is 0 Å². The minimum Gasteiger partial charge on any atom is -0.376 e. The summed E-state index contributed by atoms with van der Waals surface area (Å²) in [6, 6.07) is 7.78. The topological polar surface area (TPSA) is 66.0 Å². The van der Waals surface area contributed by atoms with Crippen molar-refractivity contribution in [3.8, 4) is 0 Å². The van der Waals surface area contributed by atoms with E-state index < -0.39 is 0 Å². The fraction of sp³-hybridized carbons (Fsp3) is 0.619. The van der Waals surface area contributed by atoms with E-state index in [1.165, 1.54) is 12.8 Å². The molecule has 2 aliphatic heterocycles. The second-order valence-corrected chi connectivity index (χ2v) is 7.64. The van der Waals surface area contributed by atoms with Crippen molar-refractivity contribution in [3.05, 3.63) is 35.4 Å². The van der Waals surface area contributed by atoms with Gasteiger partial charge in [0.2, 0.25) is 0 Å². The summed E-state index contributed by atoms with van der Waals surface area (Å²) < 4.78 is 5.56. The van der Waals surface area contributed by atoms with Crippen molar-refractivity contribution in [3.63, 3.8) is 0 Å². The second-order valence-electron chi connectivity index (χ2n) is 7.64. The molecule has 0 saturated carbocycles. The molecule has 2 unspecified atom stereocenters. The van der Waals surface area contributed by atoms with Crippen LogP contribution in [0.15, 0.2) is 29.3 Å². The maximum atomic E-state index is 12.4. The summed E-state index contributed by atoms with van der Waals surface area (Å²) in [5.41, 5.74) is 1.76. The molecule has 0 radical (unpaired) electrons. The average Bonchev–Trinajstić information content (AvgIpc) is 3.20. The molecule has 2 saturated heterocycles. The molecule has 0 aromatic heterocycles. The van der Waals surface area contributed by atoms with Crippen LogP contribution < -0.4 is 10.6 Å². The summed E-state index contributed by atoms with van der Waals surface area (Å²) in [5, 5.41) is 6.43. The van der Waals surface area contributed by atoms with E-state index >= 15 is 0 Å². The lowest BCUT2D eigenvalue weighted by Crippen LogP contribution is -2.45. The smallest absolute Gasteiger partial charge is 0.251 e. The Labute approximate surface area is 185 Å². The Kier molecular flexibility index (Phi) is 9.50. The third kappa shape index (κ3) is 6.62. The molecule has 2 aliphatic rings. The van der Waals surface area contributed by atoms with E-state index in [9.17, 15) is 4.79 Å². The summed E-state index contributed by atoms with van der Waals surface area (Å²) in [4.78, 5) is 19.2. The monoisotopic (exact) mass is 500 g/mol. The van der Waals surface area contributed by atoms with Gasteiger partial charge in [-0.25, -0.2) is 0 Å². The first-order chi connectivity index (χ1) is 13.2. The van der Waals surface area contributed by atoms with Crippen LogP contribution in [0, 0.1) is 5.92 Å². The second kappa shape index (κ2) is 11.6. The van der Waals surface area contributed by atoms with Crippen LogP contribution in [0.1, 0.15) is 48.5 Å². The van der Waals surface area contributed by atoms with Gasteiger partial charge in [0.25, 0.3) is 5.91 Å². The molecule has 1 aromatic carbocycles. The van der Waals surface area contributed by atoms with Crippen LogP contribution in [0.3, 0.4) is 0 Å². The third-order valence-corrected chi connectivity index (χ3v) is 5.32. The van der Waals surface area contributed by atoms with Gasteiger partial charge in [-0.2, -0.15) is 0 Å². The highest BCUT2D eigenvalue weighted by molar-refractivity contribution is 14.0. The number of carbonyl (C=O) groups excluding carboxylic acids is 1. The van der Waals surface area contributed by atoms with Gasteiger partial charge in [-0.1, -0.05) is 19.1 Å². The molecule has 28 heavy (non-hydrogen) atoms. The van der Waals surface area contributed by atoms with Crippen LogP contribution in [-0.4, -0.2) is 56.2 Å². The number of amides is 1. The summed E-state index contributed by atoms with van der Waals surface area (Å²) in [6.45, 7) is 6.43. The number of hydrogen-bond donors (Lipinski definition) is 2. The van der Waals surface area contributed by atoms with Crippen LogP contribution in [0.4, 0.5) is 0 Å². The van der Waals surface area contributed by atoms with Crippen LogP contribution in [0.5, 0.6) is 0 Å². The Morgan fingerprint density at radius 2 is 2.14 bits per heavy atom. The fourth-order valence-electron chi connectivity index (χ4n) is 3.83. The molecule has 0 spiro atoms. The van der Waals surface area contributed by atoms with Gasteiger partial charge in [-0.15, -0.1) is 24.0 Å². The minimum atomic E-state index is -0.0402. The number of carbonyl (C=O) groups is 1. The predicted molar refractivity (Wildman–Crippen MR) is 123 cm³/mol. The molecule has 2 N–H and O–H groups in total. The largest absolute Gasteiger partial charge is 0.376 e. The molecule has 6 nitrogen and oxygen atoms in total. The van der Waals surface area contributed by atoms with Crippen molar-refractivity contribution >= 4 is 35.8 Å². The lowest BCUT2D eigenvalue weighted by atomic mass is 10.0. The predicted octanol–water partition coefficient (Wildman–Crippen LogP) is 3.02. The number of halogens is 1. The van der Waals surface area contributed by atoms with Gasteiger partial charge in [0.15, 0.2) is 5.96 Å². The van der Waals surface area contributed by atoms with Gasteiger partial charge >= 0.3 is 0 Å². The molecule has 0 aliphatic carbocycles. The summed E-state index contributed by atoms with van der Waals surface area (Å²) in [7, 11) is 1.83. The summed E-state index contributed by atoms with van der Waals surface area (Å²) in [5.74, 6) is 1.60. The average molecular weight is 500 g/mol. The lowest BCUT2D eigenvalue weighted by Gasteiger charge is -2.33. The maximum Gasteiger partial charge on any atom is 0.251 e. The van der Waals surface area contributed by atoms with Gasteiger partial charge in [0, 0.05) is 45.4 Å². The Balaban J connectivity index is 0.00000280. The van der Waals surface area contributed by atoms with Crippen molar-refractivity contribution < 1.29 is 9.53 Å². The van der Waals surface area contributed by atoms with E-state index in [2.05, 4.69) is 27.4 Å². The van der Waals surface area contributed by atoms with Crippen molar-refractivity contribution in [2.45, 2.75) is 45.3 Å². The van der Waals surface area contributed by atoms with Crippen LogP contribution >= 0.6 is 24.0 Å². The van der Waals surface area contributed by atoms with E-state index in [-0.39, 0.29) is 36.0 Å². The number of aliphatic imine (C=N–C) groups is 1. The van der Waals surface area contributed by atoms with E-state index in [0.717, 1.165) is 44.1 Å². The van der Waals surface area contributed by atoms with Crippen LogP contribution in [0.25, 0.3) is 0 Å². The molecular weight excluding hydrogens is 467 g/mol. The summed E-state index contributed by atoms with van der Waals surface area (Å²) in [6.07, 6.45) is 4.77. The quantitative estimate of drug-likeness (QED) is 0.371. The minimum absolute atomic E-state index is 0. The zero-order chi connectivity index (χ0) is 19.1. The molecule has 2 atom stereocenters. The molecule has 7 heteroatoms. The lowest BCUT2D eigenvalue weighted by molar-refractivity contribution is 0.0857. The SMILES string of the molecule is CN=C(NCc1cccc(C(=O)NCC2CCCO2)c1)N1CCCC(C)C1.I. The first-order valence-corrected chi connectivity index (χ1v) is 10.1. The number of benzene rings is 1. The first-order valence-electron chi connectivity index (χ1n) is 10.1. The zero-order valence-corrected chi connectivity index (χ0v) is 19.3. The number of piperidine rings is 1. The van der Waals surface area contributed by atoms with Crippen molar-refractivity contribution in [2.75, 3.05) is 33.3 Å². The fourth-order valence-corrected chi connectivity index (χ4v) is 3.83. The molecule has 156 valence electrons. The Morgan fingerprint density at radius 3 is 2.86 bits per heavy atom. The zero-order valence-electron chi connectivity index (χ0n) is 16.9. The molecule has 3 rings (SSSR count). The molecule has 0 bridgehead atoms. The number of ether oxygens (including phenoxy) is 1. The normalized spacial score (nSPS) is 22.5. The Bertz CT molecular complexity index is 662. The highest BCUT2D eigenvalue weighted by Crippen LogP contribution is 2.16. The van der Waals surface area contributed by atoms with Gasteiger partial charge in [-0.3, -0.25) is 9.79 Å². The molecule has 2 heterocycles. The Morgan fingerprint density at radius 1 is 1.29 bits per heavy atom. The highest BCUT2D eigenvalue weighted by Gasteiger charge is 2.19. The third-order valence-electron chi connectivity index (χ3n) is 5.32. The standard InChI is InChI=1S/C21H32N4O2.HI/c1-16-6-4-10-25(15-16)21(22-2)24-13-17-7-3-8-18(12-17)20(26)23-14-19-9-5-11-27-19;/h3,7-8,12,16,19H,4-6,9-11,13-15H2,1-2H3,(H,22,24)(H,23,26);1H. The maximum absolute atomic E-state index is 12.4. The van der Waals surface area contributed by atoms with Crippen LogP contribution in [-0.2, 0) is 11.3 Å². The van der Waals surface area contributed by atoms with Crippen molar-refractivity contribution in [2.24, 2.45) is 10.9 Å². The van der Waals surface area contributed by atoms with Crippen molar-refractivity contribution in [1.82, 2.24) is 15.5 Å². The summed E-state index contributed by atoms with van der Waals surface area (Å²) >= 11 is 0. The molecule has 2 fully saturated rings. The number of likely N-dealkylation sites (tertiary alicyclic amines) is 1. The number of nitrogens with zero attached hydrogens (tertiary/aromatic N) is 2. The van der Waals surface area contributed by atoms with Crippen LogP contribution in [0.2, 0.25) is 0 Å². The first kappa shape index (κ1) is 22.9. The van der Waals surface area contributed by atoms with E-state index in [1.807, 2.05) is 31.3 Å². The molecular formula is C21H33IN4O2. The molecule has 1 amide bonds. The number of rotatable bonds is 5. The van der Waals surface area contributed by atoms with Gasteiger partial charge in [0.1, 0.15) is 0 Å². The molecule has 1 aromatic rings. The van der Waals surface area contributed by atoms with E-state index in [4.69, 9.17) is 4.74 Å². The van der Waals surface area contributed by atoms with Gasteiger partial charge < -0.3 is 20.3 Å². The number of guanidine groups is 1. The van der Waals surface area contributed by atoms with E-state index in [1.54, 1.807) is 0 Å². The van der Waals surface area contributed by atoms with Gasteiger partial charge in [0.05, 0.1) is 6.10 Å². The number of nitrogens with one attached hydrogen (secondary N) is 2. The number of hydrogen-bond acceptors (Lipinski definition) is 3. The highest BCUT2D eigenvalue weighted by atomic mass is 127.